The first-order valence-corrected chi connectivity index (χ1v) is 9.39. The van der Waals surface area contributed by atoms with E-state index in [2.05, 4.69) is 13.2 Å². The third kappa shape index (κ3) is 5.41. The van der Waals surface area contributed by atoms with Crippen molar-refractivity contribution in [3.63, 3.8) is 0 Å². The van der Waals surface area contributed by atoms with E-state index in [-0.39, 0.29) is 13.2 Å². The molecule has 0 aliphatic carbocycles. The van der Waals surface area contributed by atoms with Gasteiger partial charge in [0.2, 0.25) is 0 Å². The van der Waals surface area contributed by atoms with Gasteiger partial charge < -0.3 is 19.5 Å². The number of hydrogen-bond acceptors (Lipinski definition) is 5. The Kier molecular flexibility index (Phi) is 7.16. The lowest BCUT2D eigenvalue weighted by Crippen LogP contribution is -2.15. The maximum Gasteiger partial charge on any atom is 0.352 e. The molecule has 2 aromatic carbocycles. The van der Waals surface area contributed by atoms with E-state index in [0.29, 0.717) is 17.1 Å². The number of nitrogens with two attached hydrogens (primary N) is 1. The lowest BCUT2D eigenvalue weighted by atomic mass is 10.2. The normalized spacial score (nSPS) is 12.4. The Morgan fingerprint density at radius 1 is 0.960 bits per heavy atom. The van der Waals surface area contributed by atoms with Crippen molar-refractivity contribution in [2.45, 2.75) is 5.78 Å². The van der Waals surface area contributed by atoms with Crippen LogP contribution in [0, 0.1) is 0 Å². The van der Waals surface area contributed by atoms with E-state index >= 15 is 0 Å². The van der Waals surface area contributed by atoms with Crippen LogP contribution in [0.3, 0.4) is 0 Å². The van der Waals surface area contributed by atoms with Crippen LogP contribution in [0.25, 0.3) is 0 Å². The minimum atomic E-state index is -3.59. The molecule has 0 amide bonds. The summed E-state index contributed by atoms with van der Waals surface area (Å²) in [6.07, 6.45) is 2.98. The first kappa shape index (κ1) is 19.2. The molecule has 0 aliphatic heterocycles. The summed E-state index contributed by atoms with van der Waals surface area (Å²) in [5, 5.41) is 0. The molecular formula is C19H22NO4P. The van der Waals surface area contributed by atoms with Crippen molar-refractivity contribution in [3.05, 3.63) is 85.5 Å². The topological polar surface area (TPSA) is 70.8 Å². The molecule has 0 spiro atoms. The van der Waals surface area contributed by atoms with Crippen LogP contribution in [-0.4, -0.2) is 13.2 Å². The molecule has 25 heavy (non-hydrogen) atoms. The average molecular weight is 359 g/mol. The fourth-order valence-corrected chi connectivity index (χ4v) is 3.63. The summed E-state index contributed by atoms with van der Waals surface area (Å²) in [7, 11) is -3.59. The average Bonchev–Trinajstić information content (AvgIpc) is 2.65. The number of rotatable bonds is 10. The van der Waals surface area contributed by atoms with Crippen molar-refractivity contribution in [1.29, 1.82) is 0 Å². The monoisotopic (exact) mass is 359 g/mol. The van der Waals surface area contributed by atoms with Crippen LogP contribution in [0.15, 0.2) is 79.9 Å². The van der Waals surface area contributed by atoms with Crippen molar-refractivity contribution in [1.82, 2.24) is 0 Å². The molecule has 2 aromatic rings. The fourth-order valence-electron chi connectivity index (χ4n) is 2.08. The molecule has 0 saturated carbocycles. The Labute approximate surface area is 148 Å². The quantitative estimate of drug-likeness (QED) is 0.476. The van der Waals surface area contributed by atoms with Gasteiger partial charge in [0.05, 0.1) is 13.2 Å². The van der Waals surface area contributed by atoms with Crippen LogP contribution in [0.5, 0.6) is 11.5 Å². The molecule has 0 aliphatic rings. The van der Waals surface area contributed by atoms with Gasteiger partial charge in [-0.05, 0) is 29.8 Å². The molecule has 0 fully saturated rings. The van der Waals surface area contributed by atoms with Crippen LogP contribution in [0.1, 0.15) is 11.3 Å². The summed E-state index contributed by atoms with van der Waals surface area (Å²) in [5.41, 5.74) is 6.77. The number of benzene rings is 2. The second-order valence-corrected chi connectivity index (χ2v) is 7.29. The van der Waals surface area contributed by atoms with Crippen LogP contribution in [0.4, 0.5) is 0 Å². The zero-order valence-electron chi connectivity index (χ0n) is 13.9. The highest BCUT2D eigenvalue weighted by molar-refractivity contribution is 7.54. The molecule has 0 saturated heterocycles. The van der Waals surface area contributed by atoms with E-state index in [1.807, 2.05) is 30.3 Å². The van der Waals surface area contributed by atoms with E-state index in [1.54, 1.807) is 24.3 Å². The Morgan fingerprint density at radius 3 is 2.16 bits per heavy atom. The highest BCUT2D eigenvalue weighted by atomic mass is 31.2. The Balaban J connectivity index is 2.22. The van der Waals surface area contributed by atoms with Gasteiger partial charge in [-0.1, -0.05) is 42.5 Å². The molecule has 0 bridgehead atoms. The number of ether oxygens (including phenoxy) is 1. The second kappa shape index (κ2) is 9.35. The molecule has 132 valence electrons. The minimum Gasteiger partial charge on any atom is -0.457 e. The van der Waals surface area contributed by atoms with Gasteiger partial charge >= 0.3 is 7.60 Å². The van der Waals surface area contributed by atoms with Gasteiger partial charge in [-0.15, -0.1) is 13.2 Å². The SMILES string of the molecule is C=CCOP(=O)(OCC=C)[C@@H](N)c1cccc(Oc2ccccc2)c1. The molecule has 2 N–H and O–H groups in total. The zero-order valence-corrected chi connectivity index (χ0v) is 14.8. The van der Waals surface area contributed by atoms with Crippen molar-refractivity contribution < 1.29 is 18.3 Å². The third-order valence-electron chi connectivity index (χ3n) is 3.26. The Morgan fingerprint density at radius 2 is 1.56 bits per heavy atom. The molecule has 0 radical (unpaired) electrons. The highest BCUT2D eigenvalue weighted by Gasteiger charge is 2.34. The molecule has 0 unspecified atom stereocenters. The van der Waals surface area contributed by atoms with Gasteiger partial charge in [0.15, 0.2) is 0 Å². The van der Waals surface area contributed by atoms with E-state index in [1.165, 1.54) is 12.2 Å². The predicted molar refractivity (Wildman–Crippen MR) is 99.8 cm³/mol. The Bertz CT molecular complexity index is 732. The van der Waals surface area contributed by atoms with Gasteiger partial charge in [0.25, 0.3) is 0 Å². The van der Waals surface area contributed by atoms with Crippen molar-refractivity contribution in [3.8, 4) is 11.5 Å². The molecule has 5 nitrogen and oxygen atoms in total. The molecule has 0 aromatic heterocycles. The van der Waals surface area contributed by atoms with Crippen LogP contribution in [-0.2, 0) is 13.6 Å². The summed E-state index contributed by atoms with van der Waals surface area (Å²) in [5.74, 6) is 0.326. The lowest BCUT2D eigenvalue weighted by Gasteiger charge is -2.23. The fraction of sp³-hybridized carbons (Fsp3) is 0.158. The molecule has 1 atom stereocenters. The van der Waals surface area contributed by atoms with Gasteiger partial charge in [0.1, 0.15) is 17.3 Å². The summed E-state index contributed by atoms with van der Waals surface area (Å²) in [6, 6.07) is 16.4. The van der Waals surface area contributed by atoms with Crippen LogP contribution < -0.4 is 10.5 Å². The first-order valence-electron chi connectivity index (χ1n) is 7.78. The molecule has 2 rings (SSSR count). The molecule has 0 heterocycles. The minimum absolute atomic E-state index is 0.0718. The number of para-hydroxylation sites is 1. The summed E-state index contributed by atoms with van der Waals surface area (Å²) < 4.78 is 29.5. The second-order valence-electron chi connectivity index (χ2n) is 5.14. The van der Waals surface area contributed by atoms with Crippen LogP contribution >= 0.6 is 7.60 Å². The summed E-state index contributed by atoms with van der Waals surface area (Å²) in [6.45, 7) is 7.25. The summed E-state index contributed by atoms with van der Waals surface area (Å²) in [4.78, 5) is 0. The van der Waals surface area contributed by atoms with E-state index < -0.39 is 13.4 Å². The van der Waals surface area contributed by atoms with E-state index in [9.17, 15) is 4.57 Å². The van der Waals surface area contributed by atoms with E-state index in [4.69, 9.17) is 19.5 Å². The van der Waals surface area contributed by atoms with Gasteiger partial charge in [-0.2, -0.15) is 0 Å². The molecule has 6 heteroatoms. The number of hydrogen-bond donors (Lipinski definition) is 1. The van der Waals surface area contributed by atoms with Crippen molar-refractivity contribution in [2.24, 2.45) is 5.73 Å². The van der Waals surface area contributed by atoms with Crippen LogP contribution in [0.2, 0.25) is 0 Å². The van der Waals surface area contributed by atoms with Crippen molar-refractivity contribution >= 4 is 7.60 Å². The van der Waals surface area contributed by atoms with Gasteiger partial charge in [-0.3, -0.25) is 4.57 Å². The summed E-state index contributed by atoms with van der Waals surface area (Å²) >= 11 is 0. The van der Waals surface area contributed by atoms with E-state index in [0.717, 1.165) is 0 Å². The standard InChI is InChI=1S/C19H22NO4P/c1-3-13-22-25(21,23-14-4-2)19(20)16-9-8-12-18(15-16)24-17-10-6-5-7-11-17/h3-12,15,19H,1-2,13-14,20H2/t19-/m1/s1. The first-order chi connectivity index (χ1) is 12.1. The smallest absolute Gasteiger partial charge is 0.352 e. The third-order valence-corrected chi connectivity index (χ3v) is 5.26. The Hall–Kier alpha value is -2.17. The zero-order chi connectivity index (χ0) is 18.1. The molecular weight excluding hydrogens is 337 g/mol. The predicted octanol–water partition coefficient (Wildman–Crippen LogP) is 5.03. The van der Waals surface area contributed by atoms with Gasteiger partial charge in [-0.25, -0.2) is 0 Å². The lowest BCUT2D eigenvalue weighted by molar-refractivity contribution is 0.228. The largest absolute Gasteiger partial charge is 0.457 e. The highest BCUT2D eigenvalue weighted by Crippen LogP contribution is 2.58. The maximum absolute atomic E-state index is 13.0. The van der Waals surface area contributed by atoms with Crippen molar-refractivity contribution in [2.75, 3.05) is 13.2 Å². The van der Waals surface area contributed by atoms with Gasteiger partial charge in [0, 0.05) is 0 Å². The maximum atomic E-state index is 13.0.